The normalized spacial score (nSPS) is 32.7. The molecule has 2 aliphatic rings. The number of hydrogen-bond acceptors (Lipinski definition) is 1. The fourth-order valence-corrected chi connectivity index (χ4v) is 3.07. The largest absolute Gasteiger partial charge is 0.293 e. The van der Waals surface area contributed by atoms with Crippen LogP contribution in [0.15, 0.2) is 11.9 Å². The zero-order valence-electron chi connectivity index (χ0n) is 10.4. The van der Waals surface area contributed by atoms with Crippen LogP contribution in [-0.2, 0) is 0 Å². The van der Waals surface area contributed by atoms with Crippen LogP contribution in [0.3, 0.4) is 0 Å². The van der Waals surface area contributed by atoms with Crippen LogP contribution in [0.2, 0.25) is 0 Å². The molecule has 1 unspecified atom stereocenters. The van der Waals surface area contributed by atoms with Gasteiger partial charge >= 0.3 is 0 Å². The van der Waals surface area contributed by atoms with Gasteiger partial charge in [0.2, 0.25) is 0 Å². The maximum Gasteiger partial charge on any atom is 0.0872 e. The summed E-state index contributed by atoms with van der Waals surface area (Å²) in [6.45, 7) is 8.29. The van der Waals surface area contributed by atoms with Crippen LogP contribution in [0, 0.1) is 0 Å². The summed E-state index contributed by atoms with van der Waals surface area (Å²) in [4.78, 5) is 2.49. The molecule has 0 aromatic rings. The Morgan fingerprint density at radius 2 is 2.20 bits per heavy atom. The Bertz CT molecular complexity index is 225. The summed E-state index contributed by atoms with van der Waals surface area (Å²) in [5, 5.41) is 0. The highest BCUT2D eigenvalue weighted by Crippen LogP contribution is 2.44. The summed E-state index contributed by atoms with van der Waals surface area (Å²) < 4.78 is 12.4. The highest BCUT2D eigenvalue weighted by molar-refractivity contribution is 5.18. The van der Waals surface area contributed by atoms with Gasteiger partial charge in [-0.05, 0) is 37.8 Å². The second-order valence-electron chi connectivity index (χ2n) is 4.44. The van der Waals surface area contributed by atoms with Crippen molar-refractivity contribution in [2.75, 3.05) is 13.1 Å². The molecule has 2 rings (SSSR count). The lowest BCUT2D eigenvalue weighted by Crippen LogP contribution is -2.37. The third-order valence-electron chi connectivity index (χ3n) is 3.56. The molecule has 0 amide bonds. The van der Waals surface area contributed by atoms with Gasteiger partial charge in [0.1, 0.15) is 0 Å². The minimum atomic E-state index is 0.354. The van der Waals surface area contributed by atoms with Crippen molar-refractivity contribution in [1.29, 1.82) is 0 Å². The van der Waals surface area contributed by atoms with E-state index >= 15 is 0 Å². The van der Waals surface area contributed by atoms with Crippen molar-refractivity contribution >= 4 is 0 Å². The topological polar surface area (TPSA) is 3.24 Å². The molecule has 0 aromatic heterocycles. The van der Waals surface area contributed by atoms with E-state index in [1.54, 1.807) is 0 Å². The first-order chi connectivity index (χ1) is 7.30. The van der Waals surface area contributed by atoms with Crippen molar-refractivity contribution in [3.8, 4) is 0 Å². The van der Waals surface area contributed by atoms with Crippen LogP contribution in [0.5, 0.6) is 0 Å². The first kappa shape index (κ1) is 12.7. The number of fused-ring (bicyclic) bond motifs is 1. The predicted molar refractivity (Wildman–Crippen MR) is 63.6 cm³/mol. The van der Waals surface area contributed by atoms with Gasteiger partial charge in [-0.1, -0.05) is 27.2 Å². The van der Waals surface area contributed by atoms with Crippen LogP contribution in [0.1, 0.15) is 52.9 Å². The molecule has 0 saturated carbocycles. The molecule has 2 aliphatic heterocycles. The lowest BCUT2D eigenvalue weighted by atomic mass is 9.88. The molecule has 2 saturated heterocycles. The van der Waals surface area contributed by atoms with E-state index in [1.807, 2.05) is 13.8 Å². The first-order valence-corrected chi connectivity index (χ1v) is 6.34. The lowest BCUT2D eigenvalue weighted by molar-refractivity contribution is 0.181. The van der Waals surface area contributed by atoms with Gasteiger partial charge in [0.15, 0.2) is 0 Å². The summed E-state index contributed by atoms with van der Waals surface area (Å²) >= 11 is 0. The van der Waals surface area contributed by atoms with Gasteiger partial charge in [0.25, 0.3) is 0 Å². The van der Waals surface area contributed by atoms with Gasteiger partial charge in [0.05, 0.1) is 6.33 Å². The Balaban J connectivity index is 0.000000531. The molecule has 15 heavy (non-hydrogen) atoms. The summed E-state index contributed by atoms with van der Waals surface area (Å²) in [6.07, 6.45) is 6.85. The Kier molecular flexibility index (Phi) is 4.78. The molecule has 2 heterocycles. The van der Waals surface area contributed by atoms with Gasteiger partial charge in [-0.3, -0.25) is 4.90 Å². The number of hydrogen-bond donors (Lipinski definition) is 0. The number of nitrogens with zero attached hydrogens (tertiary/aromatic N) is 1. The fourth-order valence-electron chi connectivity index (χ4n) is 3.07. The Hall–Kier alpha value is -0.370. The average Bonchev–Trinajstić information content (AvgIpc) is 2.77. The Morgan fingerprint density at radius 3 is 2.80 bits per heavy atom. The van der Waals surface area contributed by atoms with Gasteiger partial charge < -0.3 is 0 Å². The molecule has 88 valence electrons. The fraction of sp³-hybridized carbons (Fsp3) is 0.846. The van der Waals surface area contributed by atoms with E-state index in [1.165, 1.54) is 32.2 Å². The van der Waals surface area contributed by atoms with Crippen molar-refractivity contribution in [3.05, 3.63) is 11.9 Å². The molecule has 0 N–H and O–H groups in total. The Morgan fingerprint density at radius 1 is 1.47 bits per heavy atom. The minimum Gasteiger partial charge on any atom is -0.293 e. The molecule has 0 radical (unpaired) electrons. The molecule has 0 spiro atoms. The molecule has 1 nitrogen and oxygen atoms in total. The van der Waals surface area contributed by atoms with E-state index in [4.69, 9.17) is 0 Å². The van der Waals surface area contributed by atoms with Crippen molar-refractivity contribution in [3.63, 3.8) is 0 Å². The van der Waals surface area contributed by atoms with Crippen LogP contribution in [0.4, 0.5) is 4.39 Å². The van der Waals surface area contributed by atoms with Crippen LogP contribution in [-0.4, -0.2) is 23.5 Å². The van der Waals surface area contributed by atoms with E-state index in [-0.39, 0.29) is 0 Å². The van der Waals surface area contributed by atoms with E-state index in [0.717, 1.165) is 24.9 Å². The highest BCUT2D eigenvalue weighted by atomic mass is 19.1. The summed E-state index contributed by atoms with van der Waals surface area (Å²) in [7, 11) is 0. The quantitative estimate of drug-likeness (QED) is 0.672. The van der Waals surface area contributed by atoms with Gasteiger partial charge in [-0.2, -0.15) is 0 Å². The van der Waals surface area contributed by atoms with E-state index < -0.39 is 0 Å². The standard InChI is InChI=1S/C11H18FN.C2H6/c1-2-4-11-5-3-6-13(11)9-10(7-11)8-12;1-2/h8H,2-7,9H2,1H3;1-2H3/b10-8-;. The second kappa shape index (κ2) is 5.64. The van der Waals surface area contributed by atoms with Crippen molar-refractivity contribution < 1.29 is 4.39 Å². The van der Waals surface area contributed by atoms with Gasteiger partial charge in [0, 0.05) is 12.1 Å². The van der Waals surface area contributed by atoms with Crippen LogP contribution in [0.25, 0.3) is 0 Å². The smallest absolute Gasteiger partial charge is 0.0872 e. The maximum atomic E-state index is 12.4. The molecule has 0 bridgehead atoms. The van der Waals surface area contributed by atoms with Crippen molar-refractivity contribution in [2.24, 2.45) is 0 Å². The van der Waals surface area contributed by atoms with Gasteiger partial charge in [-0.25, -0.2) is 4.39 Å². The molecule has 0 aromatic carbocycles. The average molecular weight is 213 g/mol. The third-order valence-corrected chi connectivity index (χ3v) is 3.56. The van der Waals surface area contributed by atoms with Crippen LogP contribution < -0.4 is 0 Å². The number of rotatable bonds is 2. The Labute approximate surface area is 93.3 Å². The zero-order chi connectivity index (χ0) is 11.3. The third kappa shape index (κ3) is 2.41. The first-order valence-electron chi connectivity index (χ1n) is 6.34. The maximum absolute atomic E-state index is 12.4. The summed E-state index contributed by atoms with van der Waals surface area (Å²) in [5.41, 5.74) is 1.36. The molecule has 0 aliphatic carbocycles. The zero-order valence-corrected chi connectivity index (χ0v) is 10.4. The minimum absolute atomic E-state index is 0.354. The molecular formula is C13H24FN. The van der Waals surface area contributed by atoms with Crippen molar-refractivity contribution in [2.45, 2.75) is 58.4 Å². The van der Waals surface area contributed by atoms with E-state index in [9.17, 15) is 4.39 Å². The molecular weight excluding hydrogens is 189 g/mol. The van der Waals surface area contributed by atoms with Crippen LogP contribution >= 0.6 is 0 Å². The summed E-state index contributed by atoms with van der Waals surface area (Å²) in [6, 6.07) is 0. The molecule has 2 fully saturated rings. The van der Waals surface area contributed by atoms with Crippen molar-refractivity contribution in [1.82, 2.24) is 4.90 Å². The SMILES string of the molecule is CC.CCCC12CCCN1C/C(=C\F)C2. The van der Waals surface area contributed by atoms with E-state index in [2.05, 4.69) is 11.8 Å². The molecule has 2 heteroatoms. The monoisotopic (exact) mass is 213 g/mol. The van der Waals surface area contributed by atoms with Gasteiger partial charge in [-0.15, -0.1) is 0 Å². The number of halogens is 1. The summed E-state index contributed by atoms with van der Waals surface area (Å²) in [5.74, 6) is 0. The molecule has 1 atom stereocenters. The predicted octanol–water partition coefficient (Wildman–Crippen LogP) is 3.90. The second-order valence-corrected chi connectivity index (χ2v) is 4.44. The van der Waals surface area contributed by atoms with E-state index in [0.29, 0.717) is 5.54 Å². The lowest BCUT2D eigenvalue weighted by Gasteiger charge is -2.31. The highest BCUT2D eigenvalue weighted by Gasteiger charge is 2.45.